The summed E-state index contributed by atoms with van der Waals surface area (Å²) in [5.74, 6) is 1.55. The molecule has 1 fully saturated rings. The Labute approximate surface area is 107 Å². The fraction of sp³-hybridized carbons (Fsp3) is 0.538. The molecule has 5 heteroatoms. The molecule has 0 atom stereocenters. The third kappa shape index (κ3) is 2.91. The van der Waals surface area contributed by atoms with Crippen molar-refractivity contribution in [1.29, 1.82) is 0 Å². The van der Waals surface area contributed by atoms with Crippen LogP contribution in [0.5, 0.6) is 0 Å². The first-order valence-electron chi connectivity index (χ1n) is 6.33. The molecule has 1 aromatic rings. The van der Waals surface area contributed by atoms with E-state index < -0.39 is 0 Å². The molecule has 5 nitrogen and oxygen atoms in total. The molecule has 0 radical (unpaired) electrons. The highest BCUT2D eigenvalue weighted by Crippen LogP contribution is 2.31. The zero-order chi connectivity index (χ0) is 13.1. The summed E-state index contributed by atoms with van der Waals surface area (Å²) in [4.78, 5) is 6.79. The van der Waals surface area contributed by atoms with Crippen molar-refractivity contribution in [2.75, 3.05) is 11.4 Å². The minimum Gasteiger partial charge on any atom is -0.409 e. The highest BCUT2D eigenvalue weighted by molar-refractivity contribution is 5.95. The van der Waals surface area contributed by atoms with E-state index >= 15 is 0 Å². The second-order valence-corrected chi connectivity index (χ2v) is 5.14. The number of nitrogens with two attached hydrogens (primary N) is 1. The van der Waals surface area contributed by atoms with Gasteiger partial charge in [-0.15, -0.1) is 0 Å². The largest absolute Gasteiger partial charge is 0.409 e. The first kappa shape index (κ1) is 12.7. The molecular weight excluding hydrogens is 228 g/mol. The van der Waals surface area contributed by atoms with E-state index in [2.05, 4.69) is 28.9 Å². The minimum atomic E-state index is 0.0529. The van der Waals surface area contributed by atoms with E-state index in [1.165, 1.54) is 12.8 Å². The number of anilines is 1. The van der Waals surface area contributed by atoms with Crippen molar-refractivity contribution < 1.29 is 5.21 Å². The van der Waals surface area contributed by atoms with E-state index in [4.69, 9.17) is 10.9 Å². The zero-order valence-corrected chi connectivity index (χ0v) is 10.9. The number of hydrogen-bond acceptors (Lipinski definition) is 4. The summed E-state index contributed by atoms with van der Waals surface area (Å²) in [5, 5.41) is 11.7. The van der Waals surface area contributed by atoms with Gasteiger partial charge in [-0.25, -0.2) is 4.98 Å². The Morgan fingerprint density at radius 3 is 2.83 bits per heavy atom. The molecule has 0 aliphatic heterocycles. The SMILES string of the molecule is CC(C)CN(c1cccc(C(N)=NO)n1)C1CC1. The topological polar surface area (TPSA) is 74.7 Å². The molecule has 0 aromatic carbocycles. The molecule has 2 rings (SSSR count). The number of amidine groups is 1. The maximum Gasteiger partial charge on any atom is 0.188 e. The summed E-state index contributed by atoms with van der Waals surface area (Å²) < 4.78 is 0. The normalized spacial score (nSPS) is 16.1. The molecule has 0 spiro atoms. The Morgan fingerprint density at radius 1 is 1.56 bits per heavy atom. The Morgan fingerprint density at radius 2 is 2.28 bits per heavy atom. The molecule has 1 saturated carbocycles. The second-order valence-electron chi connectivity index (χ2n) is 5.14. The molecule has 0 saturated heterocycles. The number of pyridine rings is 1. The third-order valence-corrected chi connectivity index (χ3v) is 2.95. The summed E-state index contributed by atoms with van der Waals surface area (Å²) in [5.41, 5.74) is 6.09. The predicted octanol–water partition coefficient (Wildman–Crippen LogP) is 1.80. The number of oxime groups is 1. The third-order valence-electron chi connectivity index (χ3n) is 2.95. The molecule has 1 aliphatic carbocycles. The van der Waals surface area contributed by atoms with Crippen molar-refractivity contribution in [3.8, 4) is 0 Å². The van der Waals surface area contributed by atoms with Gasteiger partial charge in [0.25, 0.3) is 0 Å². The van der Waals surface area contributed by atoms with Crippen molar-refractivity contribution in [3.63, 3.8) is 0 Å². The molecule has 0 unspecified atom stereocenters. The zero-order valence-electron chi connectivity index (χ0n) is 10.9. The van der Waals surface area contributed by atoms with E-state index in [1.54, 1.807) is 6.07 Å². The van der Waals surface area contributed by atoms with Gasteiger partial charge >= 0.3 is 0 Å². The van der Waals surface area contributed by atoms with Crippen LogP contribution in [-0.4, -0.2) is 28.6 Å². The van der Waals surface area contributed by atoms with Gasteiger partial charge in [0.2, 0.25) is 0 Å². The number of nitrogens with zero attached hydrogens (tertiary/aromatic N) is 3. The van der Waals surface area contributed by atoms with Crippen LogP contribution in [0.4, 0.5) is 5.82 Å². The maximum atomic E-state index is 8.69. The number of hydrogen-bond donors (Lipinski definition) is 2. The van der Waals surface area contributed by atoms with E-state index in [0.717, 1.165) is 12.4 Å². The standard InChI is InChI=1S/C13H20N4O/c1-9(2)8-17(10-6-7-10)12-5-3-4-11(15-12)13(14)16-18/h3-5,9-10,18H,6-8H2,1-2H3,(H2,14,16). The van der Waals surface area contributed by atoms with Gasteiger partial charge in [0.1, 0.15) is 11.5 Å². The highest BCUT2D eigenvalue weighted by Gasteiger charge is 2.30. The van der Waals surface area contributed by atoms with Gasteiger partial charge in [-0.3, -0.25) is 0 Å². The van der Waals surface area contributed by atoms with Crippen LogP contribution in [0.1, 0.15) is 32.4 Å². The van der Waals surface area contributed by atoms with Crippen molar-refractivity contribution in [2.45, 2.75) is 32.7 Å². The lowest BCUT2D eigenvalue weighted by molar-refractivity contribution is 0.318. The van der Waals surface area contributed by atoms with Crippen LogP contribution in [0.3, 0.4) is 0 Å². The van der Waals surface area contributed by atoms with Gasteiger partial charge in [0.05, 0.1) is 0 Å². The predicted molar refractivity (Wildman–Crippen MR) is 72.0 cm³/mol. The van der Waals surface area contributed by atoms with Crippen LogP contribution in [-0.2, 0) is 0 Å². The number of rotatable bonds is 5. The summed E-state index contributed by atoms with van der Waals surface area (Å²) >= 11 is 0. The Hall–Kier alpha value is -1.78. The second kappa shape index (κ2) is 5.25. The van der Waals surface area contributed by atoms with Gasteiger partial charge in [-0.2, -0.15) is 0 Å². The van der Waals surface area contributed by atoms with E-state index in [-0.39, 0.29) is 5.84 Å². The molecule has 1 aliphatic rings. The van der Waals surface area contributed by atoms with Crippen LogP contribution in [0.25, 0.3) is 0 Å². The molecule has 1 aromatic heterocycles. The van der Waals surface area contributed by atoms with Crippen molar-refractivity contribution in [1.82, 2.24) is 4.98 Å². The molecular formula is C13H20N4O. The van der Waals surface area contributed by atoms with Gasteiger partial charge in [0, 0.05) is 12.6 Å². The molecule has 0 amide bonds. The summed E-state index contributed by atoms with van der Waals surface area (Å²) in [7, 11) is 0. The average molecular weight is 248 g/mol. The fourth-order valence-corrected chi connectivity index (χ4v) is 1.99. The highest BCUT2D eigenvalue weighted by atomic mass is 16.4. The summed E-state index contributed by atoms with van der Waals surface area (Å²) in [6.45, 7) is 5.38. The molecule has 98 valence electrons. The van der Waals surface area contributed by atoms with Crippen LogP contribution >= 0.6 is 0 Å². The summed E-state index contributed by atoms with van der Waals surface area (Å²) in [6.07, 6.45) is 2.45. The summed E-state index contributed by atoms with van der Waals surface area (Å²) in [6, 6.07) is 6.22. The Bertz CT molecular complexity index is 440. The van der Waals surface area contributed by atoms with Crippen molar-refractivity contribution in [2.24, 2.45) is 16.8 Å². The van der Waals surface area contributed by atoms with E-state index in [0.29, 0.717) is 17.7 Å². The first-order valence-corrected chi connectivity index (χ1v) is 6.33. The van der Waals surface area contributed by atoms with Crippen molar-refractivity contribution in [3.05, 3.63) is 23.9 Å². The van der Waals surface area contributed by atoms with Crippen LogP contribution in [0.15, 0.2) is 23.4 Å². The van der Waals surface area contributed by atoms with Crippen molar-refractivity contribution >= 4 is 11.7 Å². The Kier molecular flexibility index (Phi) is 3.69. The smallest absolute Gasteiger partial charge is 0.188 e. The van der Waals surface area contributed by atoms with Gasteiger partial charge in [-0.05, 0) is 30.9 Å². The average Bonchev–Trinajstić information content (AvgIpc) is 3.19. The maximum absolute atomic E-state index is 8.69. The lowest BCUT2D eigenvalue weighted by Gasteiger charge is -2.25. The lowest BCUT2D eigenvalue weighted by Crippen LogP contribution is -2.31. The molecule has 1 heterocycles. The van der Waals surface area contributed by atoms with E-state index in [9.17, 15) is 0 Å². The number of aromatic nitrogens is 1. The van der Waals surface area contributed by atoms with Crippen LogP contribution < -0.4 is 10.6 Å². The quantitative estimate of drug-likeness (QED) is 0.360. The van der Waals surface area contributed by atoms with E-state index in [1.807, 2.05) is 12.1 Å². The van der Waals surface area contributed by atoms with Gasteiger partial charge < -0.3 is 15.8 Å². The van der Waals surface area contributed by atoms with Crippen LogP contribution in [0.2, 0.25) is 0 Å². The first-order chi connectivity index (χ1) is 8.61. The lowest BCUT2D eigenvalue weighted by atomic mass is 10.2. The van der Waals surface area contributed by atoms with Crippen LogP contribution in [0, 0.1) is 5.92 Å². The minimum absolute atomic E-state index is 0.0529. The van der Waals surface area contributed by atoms with Gasteiger partial charge in [-0.1, -0.05) is 25.1 Å². The molecule has 18 heavy (non-hydrogen) atoms. The van der Waals surface area contributed by atoms with Gasteiger partial charge in [0.15, 0.2) is 5.84 Å². The fourth-order valence-electron chi connectivity index (χ4n) is 1.99. The molecule has 0 bridgehead atoms. The monoisotopic (exact) mass is 248 g/mol. The Balaban J connectivity index is 2.24. The molecule has 3 N–H and O–H groups in total.